The summed E-state index contributed by atoms with van der Waals surface area (Å²) in [5.74, 6) is 0. The molecule has 0 bridgehead atoms. The van der Waals surface area contributed by atoms with E-state index in [0.717, 1.165) is 17.2 Å². The van der Waals surface area contributed by atoms with Crippen LogP contribution in [0.15, 0.2) is 65.8 Å². The van der Waals surface area contributed by atoms with Crippen LogP contribution in [-0.4, -0.2) is 23.1 Å². The molecule has 0 atom stereocenters. The van der Waals surface area contributed by atoms with E-state index in [1.54, 1.807) is 10.9 Å². The lowest BCUT2D eigenvalue weighted by molar-refractivity contribution is -0.385. The lowest BCUT2D eigenvalue weighted by Gasteiger charge is -2.06. The van der Waals surface area contributed by atoms with Crippen molar-refractivity contribution in [1.82, 2.24) is 9.78 Å². The molecule has 3 aromatic rings. The van der Waals surface area contributed by atoms with E-state index in [4.69, 9.17) is 0 Å². The standard InChI is InChI=1S/C17H16N4O4S/c1-13-5-2-3-6-14(13)11-20-12-15(10-18-20)19-26(24,25)17-8-4-7-16(9-17)21(22)23/h2-10,12,19H,11H2,1H3. The van der Waals surface area contributed by atoms with Crippen LogP contribution < -0.4 is 4.72 Å². The predicted octanol–water partition coefficient (Wildman–Crippen LogP) is 2.95. The van der Waals surface area contributed by atoms with E-state index >= 15 is 0 Å². The highest BCUT2D eigenvalue weighted by atomic mass is 32.2. The summed E-state index contributed by atoms with van der Waals surface area (Å²) in [6, 6.07) is 12.7. The van der Waals surface area contributed by atoms with Crippen LogP contribution >= 0.6 is 0 Å². The summed E-state index contributed by atoms with van der Waals surface area (Å²) in [4.78, 5) is 10.00. The Bertz CT molecular complexity index is 1060. The van der Waals surface area contributed by atoms with Gasteiger partial charge in [0.2, 0.25) is 0 Å². The molecule has 0 saturated heterocycles. The monoisotopic (exact) mass is 372 g/mol. The molecule has 0 saturated carbocycles. The predicted molar refractivity (Wildman–Crippen MR) is 96.4 cm³/mol. The molecule has 0 unspecified atom stereocenters. The quantitative estimate of drug-likeness (QED) is 0.529. The summed E-state index contributed by atoms with van der Waals surface area (Å²) in [5, 5.41) is 15.0. The molecule has 0 aliphatic rings. The fraction of sp³-hybridized carbons (Fsp3) is 0.118. The summed E-state index contributed by atoms with van der Waals surface area (Å²) in [5.41, 5.74) is 2.18. The third-order valence-electron chi connectivity index (χ3n) is 3.82. The number of hydrogen-bond acceptors (Lipinski definition) is 5. The lowest BCUT2D eigenvalue weighted by Crippen LogP contribution is -2.12. The lowest BCUT2D eigenvalue weighted by atomic mass is 10.1. The van der Waals surface area contributed by atoms with E-state index in [2.05, 4.69) is 9.82 Å². The van der Waals surface area contributed by atoms with Gasteiger partial charge in [-0.15, -0.1) is 0 Å². The molecule has 0 spiro atoms. The molecule has 0 fully saturated rings. The van der Waals surface area contributed by atoms with Gasteiger partial charge >= 0.3 is 0 Å². The first-order chi connectivity index (χ1) is 12.3. The van der Waals surface area contributed by atoms with Crippen LogP contribution in [0.3, 0.4) is 0 Å². The molecule has 1 aromatic heterocycles. The number of nitro groups is 1. The molecule has 3 rings (SSSR count). The van der Waals surface area contributed by atoms with Gasteiger partial charge in [-0.3, -0.25) is 19.5 Å². The maximum Gasteiger partial charge on any atom is 0.270 e. The highest BCUT2D eigenvalue weighted by Gasteiger charge is 2.18. The van der Waals surface area contributed by atoms with Crippen molar-refractivity contribution in [1.29, 1.82) is 0 Å². The molecule has 9 heteroatoms. The summed E-state index contributed by atoms with van der Waals surface area (Å²) < 4.78 is 28.9. The molecular weight excluding hydrogens is 356 g/mol. The van der Waals surface area contributed by atoms with Gasteiger partial charge in [0.05, 0.1) is 28.2 Å². The van der Waals surface area contributed by atoms with Crippen molar-refractivity contribution in [2.24, 2.45) is 0 Å². The van der Waals surface area contributed by atoms with E-state index in [1.165, 1.54) is 24.4 Å². The molecule has 1 N–H and O–H groups in total. The first-order valence-corrected chi connectivity index (χ1v) is 9.18. The minimum atomic E-state index is -3.94. The van der Waals surface area contributed by atoms with Crippen molar-refractivity contribution in [3.05, 3.63) is 82.2 Å². The van der Waals surface area contributed by atoms with Gasteiger partial charge < -0.3 is 0 Å². The number of hydrogen-bond donors (Lipinski definition) is 1. The van der Waals surface area contributed by atoms with Gasteiger partial charge in [-0.25, -0.2) is 8.42 Å². The van der Waals surface area contributed by atoms with Gasteiger partial charge in [0, 0.05) is 18.3 Å². The number of nitrogens with zero attached hydrogens (tertiary/aromatic N) is 3. The van der Waals surface area contributed by atoms with Crippen LogP contribution in [0.25, 0.3) is 0 Å². The first kappa shape index (κ1) is 17.6. The summed E-state index contributed by atoms with van der Waals surface area (Å²) in [7, 11) is -3.94. The molecule has 0 aliphatic carbocycles. The van der Waals surface area contributed by atoms with Crippen molar-refractivity contribution in [2.75, 3.05) is 4.72 Å². The smallest absolute Gasteiger partial charge is 0.270 e. The molecule has 134 valence electrons. The number of nitrogens with one attached hydrogen (secondary N) is 1. The fourth-order valence-corrected chi connectivity index (χ4v) is 3.51. The zero-order valence-corrected chi connectivity index (χ0v) is 14.7. The highest BCUT2D eigenvalue weighted by molar-refractivity contribution is 7.92. The number of aromatic nitrogens is 2. The van der Waals surface area contributed by atoms with Crippen LogP contribution in [0, 0.1) is 17.0 Å². The highest BCUT2D eigenvalue weighted by Crippen LogP contribution is 2.20. The molecular formula is C17H16N4O4S. The number of sulfonamides is 1. The van der Waals surface area contributed by atoms with E-state index in [0.29, 0.717) is 6.54 Å². The van der Waals surface area contributed by atoms with Gasteiger partial charge in [0.15, 0.2) is 0 Å². The second-order valence-electron chi connectivity index (χ2n) is 5.71. The minimum absolute atomic E-state index is 0.182. The first-order valence-electron chi connectivity index (χ1n) is 7.69. The van der Waals surface area contributed by atoms with Gasteiger partial charge in [-0.1, -0.05) is 30.3 Å². The maximum absolute atomic E-state index is 12.4. The van der Waals surface area contributed by atoms with Crippen LogP contribution in [-0.2, 0) is 16.6 Å². The van der Waals surface area contributed by atoms with Gasteiger partial charge in [0.25, 0.3) is 15.7 Å². The second kappa shape index (κ2) is 6.96. The third kappa shape index (κ3) is 3.89. The van der Waals surface area contributed by atoms with E-state index < -0.39 is 14.9 Å². The second-order valence-corrected chi connectivity index (χ2v) is 7.40. The molecule has 1 heterocycles. The summed E-state index contributed by atoms with van der Waals surface area (Å²) in [6.45, 7) is 2.50. The largest absolute Gasteiger partial charge is 0.276 e. The zero-order valence-electron chi connectivity index (χ0n) is 13.9. The summed E-state index contributed by atoms with van der Waals surface area (Å²) in [6.07, 6.45) is 2.97. The number of aryl methyl sites for hydroxylation is 1. The molecule has 0 amide bonds. The fourth-order valence-electron chi connectivity index (χ4n) is 2.44. The Kier molecular flexibility index (Phi) is 4.72. The molecule has 26 heavy (non-hydrogen) atoms. The van der Waals surface area contributed by atoms with Crippen LogP contribution in [0.4, 0.5) is 11.4 Å². The van der Waals surface area contributed by atoms with Gasteiger partial charge in [-0.05, 0) is 24.1 Å². The van der Waals surface area contributed by atoms with E-state index in [1.807, 2.05) is 31.2 Å². The molecule has 0 aliphatic heterocycles. The molecule has 2 aromatic carbocycles. The Balaban J connectivity index is 1.79. The summed E-state index contributed by atoms with van der Waals surface area (Å²) >= 11 is 0. The number of non-ortho nitro benzene ring substituents is 1. The number of benzene rings is 2. The van der Waals surface area contributed by atoms with Gasteiger partial charge in [-0.2, -0.15) is 5.10 Å². The van der Waals surface area contributed by atoms with Crippen LogP contribution in [0.5, 0.6) is 0 Å². The average Bonchev–Trinajstić information content (AvgIpc) is 3.03. The topological polar surface area (TPSA) is 107 Å². The Morgan fingerprint density at radius 1 is 1.19 bits per heavy atom. The molecule has 8 nitrogen and oxygen atoms in total. The van der Waals surface area contributed by atoms with Crippen molar-refractivity contribution in [3.8, 4) is 0 Å². The Hall–Kier alpha value is -3.20. The SMILES string of the molecule is Cc1ccccc1Cn1cc(NS(=O)(=O)c2cccc([N+](=O)[O-])c2)cn1. The Labute approximate surface area is 150 Å². The van der Waals surface area contributed by atoms with Crippen LogP contribution in [0.1, 0.15) is 11.1 Å². The number of nitro benzene ring substituents is 1. The van der Waals surface area contributed by atoms with Crippen LogP contribution in [0.2, 0.25) is 0 Å². The van der Waals surface area contributed by atoms with Crippen molar-refractivity contribution < 1.29 is 13.3 Å². The van der Waals surface area contributed by atoms with Gasteiger partial charge in [0.1, 0.15) is 0 Å². The maximum atomic E-state index is 12.4. The van der Waals surface area contributed by atoms with Crippen molar-refractivity contribution in [3.63, 3.8) is 0 Å². The average molecular weight is 372 g/mol. The number of rotatable bonds is 6. The third-order valence-corrected chi connectivity index (χ3v) is 5.20. The normalized spacial score (nSPS) is 11.3. The zero-order chi connectivity index (χ0) is 18.7. The van der Waals surface area contributed by atoms with Crippen molar-refractivity contribution >= 4 is 21.4 Å². The van der Waals surface area contributed by atoms with E-state index in [9.17, 15) is 18.5 Å². The Morgan fingerprint density at radius 2 is 1.96 bits per heavy atom. The number of anilines is 1. The Morgan fingerprint density at radius 3 is 2.69 bits per heavy atom. The molecule has 0 radical (unpaired) electrons. The van der Waals surface area contributed by atoms with Crippen molar-refractivity contribution in [2.45, 2.75) is 18.4 Å². The minimum Gasteiger partial charge on any atom is -0.276 e. The van der Waals surface area contributed by atoms with E-state index in [-0.39, 0.29) is 16.3 Å².